The van der Waals surface area contributed by atoms with Gasteiger partial charge in [0.05, 0.1) is 6.26 Å². The summed E-state index contributed by atoms with van der Waals surface area (Å²) in [5, 5.41) is 6.96. The molecule has 3 heteroatoms. The highest BCUT2D eigenvalue weighted by atomic mass is 16.3. The topological polar surface area (TPSA) is 37.2 Å². The Morgan fingerprint density at radius 1 is 1.41 bits per heavy atom. The van der Waals surface area contributed by atoms with Crippen molar-refractivity contribution in [2.24, 2.45) is 5.92 Å². The van der Waals surface area contributed by atoms with Crippen molar-refractivity contribution in [1.29, 1.82) is 0 Å². The molecule has 1 aliphatic heterocycles. The van der Waals surface area contributed by atoms with Crippen LogP contribution in [0.5, 0.6) is 0 Å². The molecule has 1 aromatic rings. The Morgan fingerprint density at radius 2 is 2.41 bits per heavy atom. The highest BCUT2D eigenvalue weighted by molar-refractivity contribution is 4.98. The number of piperidine rings is 1. The first kappa shape index (κ1) is 12.7. The van der Waals surface area contributed by atoms with E-state index in [0.717, 1.165) is 31.2 Å². The summed E-state index contributed by atoms with van der Waals surface area (Å²) in [5.41, 5.74) is 0. The molecule has 0 radical (unpaired) electrons. The molecule has 1 aromatic heterocycles. The van der Waals surface area contributed by atoms with Gasteiger partial charge in [-0.05, 0) is 63.4 Å². The highest BCUT2D eigenvalue weighted by Crippen LogP contribution is 2.15. The van der Waals surface area contributed by atoms with E-state index in [1.165, 1.54) is 38.8 Å². The van der Waals surface area contributed by atoms with Gasteiger partial charge in [-0.15, -0.1) is 0 Å². The molecule has 0 saturated carbocycles. The molecule has 1 fully saturated rings. The van der Waals surface area contributed by atoms with E-state index in [2.05, 4.69) is 10.6 Å². The third-order valence-electron chi connectivity index (χ3n) is 3.49. The van der Waals surface area contributed by atoms with Crippen molar-refractivity contribution in [3.05, 3.63) is 24.2 Å². The van der Waals surface area contributed by atoms with Gasteiger partial charge in [0.2, 0.25) is 0 Å². The molecule has 96 valence electrons. The molecule has 1 saturated heterocycles. The molecule has 1 atom stereocenters. The van der Waals surface area contributed by atoms with Gasteiger partial charge in [-0.1, -0.05) is 0 Å². The van der Waals surface area contributed by atoms with Crippen molar-refractivity contribution in [3.8, 4) is 0 Å². The quantitative estimate of drug-likeness (QED) is 0.713. The summed E-state index contributed by atoms with van der Waals surface area (Å²) >= 11 is 0. The maximum Gasteiger partial charge on any atom is 0.105 e. The van der Waals surface area contributed by atoms with Crippen LogP contribution in [0.1, 0.15) is 31.4 Å². The Balaban J connectivity index is 1.43. The van der Waals surface area contributed by atoms with E-state index in [9.17, 15) is 0 Å². The third-order valence-corrected chi connectivity index (χ3v) is 3.49. The van der Waals surface area contributed by atoms with Crippen LogP contribution in [0.15, 0.2) is 22.8 Å². The van der Waals surface area contributed by atoms with Gasteiger partial charge in [0.15, 0.2) is 0 Å². The maximum atomic E-state index is 5.29. The monoisotopic (exact) mass is 236 g/mol. The Kier molecular flexibility index (Phi) is 5.59. The third kappa shape index (κ3) is 4.92. The molecule has 0 amide bonds. The lowest BCUT2D eigenvalue weighted by molar-refractivity contribution is 0.348. The minimum absolute atomic E-state index is 0.913. The zero-order chi connectivity index (χ0) is 11.8. The summed E-state index contributed by atoms with van der Waals surface area (Å²) in [4.78, 5) is 0. The SMILES string of the molecule is c1coc(CCNCCCC2CCCNC2)c1. The zero-order valence-electron chi connectivity index (χ0n) is 10.6. The predicted molar refractivity (Wildman–Crippen MR) is 70.1 cm³/mol. The second-order valence-corrected chi connectivity index (χ2v) is 4.93. The van der Waals surface area contributed by atoms with E-state index < -0.39 is 0 Å². The molecule has 2 heterocycles. The highest BCUT2D eigenvalue weighted by Gasteiger charge is 2.11. The van der Waals surface area contributed by atoms with Crippen LogP contribution >= 0.6 is 0 Å². The molecule has 1 unspecified atom stereocenters. The summed E-state index contributed by atoms with van der Waals surface area (Å²) in [7, 11) is 0. The Hall–Kier alpha value is -0.800. The Labute approximate surface area is 104 Å². The van der Waals surface area contributed by atoms with E-state index in [-0.39, 0.29) is 0 Å². The van der Waals surface area contributed by atoms with E-state index >= 15 is 0 Å². The largest absolute Gasteiger partial charge is 0.469 e. The second-order valence-electron chi connectivity index (χ2n) is 4.93. The molecule has 0 bridgehead atoms. The van der Waals surface area contributed by atoms with Crippen molar-refractivity contribution in [2.45, 2.75) is 32.1 Å². The van der Waals surface area contributed by atoms with Crippen molar-refractivity contribution < 1.29 is 4.42 Å². The number of hydrogen-bond acceptors (Lipinski definition) is 3. The average molecular weight is 236 g/mol. The Bertz CT molecular complexity index is 278. The van der Waals surface area contributed by atoms with E-state index in [1.54, 1.807) is 6.26 Å². The van der Waals surface area contributed by atoms with Gasteiger partial charge in [0.25, 0.3) is 0 Å². The van der Waals surface area contributed by atoms with Crippen molar-refractivity contribution in [1.82, 2.24) is 10.6 Å². The van der Waals surface area contributed by atoms with Crippen LogP contribution in [0.3, 0.4) is 0 Å². The average Bonchev–Trinajstić information content (AvgIpc) is 2.88. The van der Waals surface area contributed by atoms with Crippen LogP contribution in [0.2, 0.25) is 0 Å². The number of hydrogen-bond donors (Lipinski definition) is 2. The Morgan fingerprint density at radius 3 is 3.18 bits per heavy atom. The van der Waals surface area contributed by atoms with Crippen LogP contribution in [0.25, 0.3) is 0 Å². The molecule has 0 aromatic carbocycles. The summed E-state index contributed by atoms with van der Waals surface area (Å²) < 4.78 is 5.29. The van der Waals surface area contributed by atoms with Crippen molar-refractivity contribution in [3.63, 3.8) is 0 Å². The number of furan rings is 1. The first-order chi connectivity index (χ1) is 8.45. The van der Waals surface area contributed by atoms with Crippen LogP contribution in [0, 0.1) is 5.92 Å². The van der Waals surface area contributed by atoms with E-state index in [0.29, 0.717) is 0 Å². The van der Waals surface area contributed by atoms with Gasteiger partial charge in [0, 0.05) is 13.0 Å². The van der Waals surface area contributed by atoms with Crippen LogP contribution in [-0.4, -0.2) is 26.2 Å². The summed E-state index contributed by atoms with van der Waals surface area (Å²) in [5.74, 6) is 1.99. The normalized spacial score (nSPS) is 20.6. The lowest BCUT2D eigenvalue weighted by atomic mass is 9.95. The van der Waals surface area contributed by atoms with Crippen LogP contribution < -0.4 is 10.6 Å². The minimum atomic E-state index is 0.913. The molecule has 0 spiro atoms. The van der Waals surface area contributed by atoms with Crippen molar-refractivity contribution in [2.75, 3.05) is 26.2 Å². The number of nitrogens with one attached hydrogen (secondary N) is 2. The van der Waals surface area contributed by atoms with Gasteiger partial charge in [0.1, 0.15) is 5.76 Å². The summed E-state index contributed by atoms with van der Waals surface area (Å²) in [6.07, 6.45) is 8.17. The molecular weight excluding hydrogens is 212 g/mol. The second kappa shape index (κ2) is 7.51. The molecule has 1 aliphatic rings. The zero-order valence-corrected chi connectivity index (χ0v) is 10.6. The first-order valence-corrected chi connectivity index (χ1v) is 6.89. The van der Waals surface area contributed by atoms with Gasteiger partial charge in [-0.2, -0.15) is 0 Å². The molecule has 0 aliphatic carbocycles. The molecule has 17 heavy (non-hydrogen) atoms. The smallest absolute Gasteiger partial charge is 0.105 e. The summed E-state index contributed by atoms with van der Waals surface area (Å²) in [6, 6.07) is 3.99. The van der Waals surface area contributed by atoms with Crippen LogP contribution in [-0.2, 0) is 6.42 Å². The van der Waals surface area contributed by atoms with Crippen LogP contribution in [0.4, 0.5) is 0 Å². The van der Waals surface area contributed by atoms with Crippen molar-refractivity contribution >= 4 is 0 Å². The van der Waals surface area contributed by atoms with E-state index in [1.807, 2.05) is 12.1 Å². The van der Waals surface area contributed by atoms with Gasteiger partial charge in [-0.25, -0.2) is 0 Å². The molecule has 2 rings (SSSR count). The standard InChI is InChI=1S/C14H24N2O/c1(4-13-5-2-9-16-12-13)8-15-10-7-14-6-3-11-17-14/h3,6,11,13,15-16H,1-2,4-5,7-10,12H2. The molecular formula is C14H24N2O. The van der Waals surface area contributed by atoms with Gasteiger partial charge in [-0.3, -0.25) is 0 Å². The van der Waals surface area contributed by atoms with Gasteiger partial charge < -0.3 is 15.1 Å². The number of rotatable bonds is 7. The molecule has 2 N–H and O–H groups in total. The van der Waals surface area contributed by atoms with E-state index in [4.69, 9.17) is 4.42 Å². The lowest BCUT2D eigenvalue weighted by Gasteiger charge is -2.22. The minimum Gasteiger partial charge on any atom is -0.469 e. The molecule has 3 nitrogen and oxygen atoms in total. The lowest BCUT2D eigenvalue weighted by Crippen LogP contribution is -2.30. The van der Waals surface area contributed by atoms with Gasteiger partial charge >= 0.3 is 0 Å². The maximum absolute atomic E-state index is 5.29. The fourth-order valence-corrected chi connectivity index (χ4v) is 2.48. The first-order valence-electron chi connectivity index (χ1n) is 6.89. The predicted octanol–water partition coefficient (Wildman–Crippen LogP) is 2.19. The fourth-order valence-electron chi connectivity index (χ4n) is 2.48. The summed E-state index contributed by atoms with van der Waals surface area (Å²) in [6.45, 7) is 4.61. The fraction of sp³-hybridized carbons (Fsp3) is 0.714.